The number of aromatic nitrogens is 3. The maximum absolute atomic E-state index is 12.1. The number of fused-ring (bicyclic) bond motifs is 1. The molecule has 2 heterocycles. The predicted molar refractivity (Wildman–Crippen MR) is 93.3 cm³/mol. The molecule has 3 rings (SSSR count). The van der Waals surface area contributed by atoms with Gasteiger partial charge in [-0.15, -0.1) is 0 Å². The van der Waals surface area contributed by atoms with E-state index >= 15 is 0 Å². The number of methoxy groups -OCH3 is 2. The highest BCUT2D eigenvalue weighted by Crippen LogP contribution is 2.32. The summed E-state index contributed by atoms with van der Waals surface area (Å²) in [5, 5.41) is 7.50. The summed E-state index contributed by atoms with van der Waals surface area (Å²) in [7, 11) is 4.92. The number of pyridine rings is 1. The Morgan fingerprint density at radius 3 is 2.30 bits per heavy atom. The van der Waals surface area contributed by atoms with E-state index in [0.29, 0.717) is 17.0 Å². The first kappa shape index (κ1) is 16.6. The second-order valence-electron chi connectivity index (χ2n) is 4.72. The van der Waals surface area contributed by atoms with Gasteiger partial charge in [0.1, 0.15) is 17.0 Å². The summed E-state index contributed by atoms with van der Waals surface area (Å²) < 4.78 is 12.1. The number of aryl methyl sites for hydroxylation is 1. The van der Waals surface area contributed by atoms with Crippen molar-refractivity contribution in [3.63, 3.8) is 0 Å². The van der Waals surface area contributed by atoms with E-state index in [9.17, 15) is 4.79 Å². The second-order valence-corrected chi connectivity index (χ2v) is 4.72. The number of ether oxygens (including phenoxy) is 2. The largest absolute Gasteiger partial charge is 0.497 e. The molecular weight excluding hydrogens is 294 g/mol. The van der Waals surface area contributed by atoms with Crippen molar-refractivity contribution in [2.45, 2.75) is 13.8 Å². The number of rotatable bonds is 3. The molecule has 0 amide bonds. The van der Waals surface area contributed by atoms with Crippen LogP contribution in [0.5, 0.6) is 11.5 Å². The molecule has 0 saturated carbocycles. The lowest BCUT2D eigenvalue weighted by Crippen LogP contribution is -2.16. The third-order valence-corrected chi connectivity index (χ3v) is 3.45. The van der Waals surface area contributed by atoms with Crippen molar-refractivity contribution in [2.24, 2.45) is 7.05 Å². The minimum Gasteiger partial charge on any atom is -0.497 e. The fourth-order valence-corrected chi connectivity index (χ4v) is 2.34. The van der Waals surface area contributed by atoms with Crippen molar-refractivity contribution in [3.8, 4) is 22.6 Å². The molecule has 0 atom stereocenters. The highest BCUT2D eigenvalue weighted by atomic mass is 16.5. The zero-order valence-corrected chi connectivity index (χ0v) is 14.0. The molecule has 0 spiro atoms. The Morgan fingerprint density at radius 2 is 1.74 bits per heavy atom. The number of benzene rings is 1. The number of nitrogens with zero attached hydrogens (tertiary/aromatic N) is 2. The van der Waals surface area contributed by atoms with Gasteiger partial charge in [0.25, 0.3) is 5.56 Å². The molecule has 0 bridgehead atoms. The minimum absolute atomic E-state index is 0. The third-order valence-electron chi connectivity index (χ3n) is 3.45. The SMILES string of the molecule is CC.COc1cc(OC)cc(-c2cn(C)c(=O)c3[nH]ncc23)c1.[HH]. The number of nitrogens with one attached hydrogen (secondary N) is 1. The van der Waals surface area contributed by atoms with Crippen LogP contribution in [0.2, 0.25) is 0 Å². The molecule has 0 unspecified atom stereocenters. The molecule has 0 aliphatic heterocycles. The summed E-state index contributed by atoms with van der Waals surface area (Å²) in [6.07, 6.45) is 3.44. The van der Waals surface area contributed by atoms with Gasteiger partial charge >= 0.3 is 0 Å². The van der Waals surface area contributed by atoms with Gasteiger partial charge in [0.15, 0.2) is 0 Å². The maximum Gasteiger partial charge on any atom is 0.276 e. The van der Waals surface area contributed by atoms with E-state index < -0.39 is 0 Å². The Kier molecular flexibility index (Phi) is 5.05. The van der Waals surface area contributed by atoms with Crippen molar-refractivity contribution >= 4 is 10.9 Å². The third kappa shape index (κ3) is 3.06. The molecular formula is C17H23N3O3. The lowest BCUT2D eigenvalue weighted by molar-refractivity contribution is 0.394. The fraction of sp³-hybridized carbons (Fsp3) is 0.294. The van der Waals surface area contributed by atoms with Crippen molar-refractivity contribution in [1.29, 1.82) is 0 Å². The number of aromatic amines is 1. The standard InChI is InChI=1S/C15H15N3O3.C2H6.H2/c1-18-8-13(12-7-16-17-14(12)15(18)19)9-4-10(20-2)6-11(5-9)21-3;1-2;/h4-8H,1-3H3,(H,16,17);1-2H3;1H. The number of hydrogen-bond acceptors (Lipinski definition) is 4. The summed E-state index contributed by atoms with van der Waals surface area (Å²) in [5.41, 5.74) is 2.16. The normalized spacial score (nSPS) is 10.1. The first-order valence-electron chi connectivity index (χ1n) is 7.40. The van der Waals surface area contributed by atoms with E-state index in [4.69, 9.17) is 9.47 Å². The molecule has 23 heavy (non-hydrogen) atoms. The van der Waals surface area contributed by atoms with Gasteiger partial charge in [-0.3, -0.25) is 9.89 Å². The summed E-state index contributed by atoms with van der Waals surface area (Å²) >= 11 is 0. The first-order chi connectivity index (χ1) is 11.1. The van der Waals surface area contributed by atoms with Crippen LogP contribution in [-0.4, -0.2) is 29.0 Å². The molecule has 0 aliphatic rings. The smallest absolute Gasteiger partial charge is 0.276 e. The molecule has 2 aromatic heterocycles. The van der Waals surface area contributed by atoms with Gasteiger partial charge in [-0.05, 0) is 17.7 Å². The van der Waals surface area contributed by atoms with Crippen LogP contribution in [0.4, 0.5) is 0 Å². The van der Waals surface area contributed by atoms with Gasteiger partial charge < -0.3 is 14.0 Å². The van der Waals surface area contributed by atoms with E-state index in [1.807, 2.05) is 26.0 Å². The molecule has 6 nitrogen and oxygen atoms in total. The van der Waals surface area contributed by atoms with Gasteiger partial charge in [0.05, 0.1) is 20.4 Å². The highest BCUT2D eigenvalue weighted by molar-refractivity contribution is 5.93. The van der Waals surface area contributed by atoms with Gasteiger partial charge in [0, 0.05) is 31.7 Å². The summed E-state index contributed by atoms with van der Waals surface area (Å²) in [5.74, 6) is 1.38. The molecule has 1 aromatic carbocycles. The molecule has 3 aromatic rings. The van der Waals surface area contributed by atoms with Crippen LogP contribution < -0.4 is 15.0 Å². The quantitative estimate of drug-likeness (QED) is 0.805. The fourth-order valence-electron chi connectivity index (χ4n) is 2.34. The van der Waals surface area contributed by atoms with E-state index in [0.717, 1.165) is 16.5 Å². The Labute approximate surface area is 136 Å². The Hall–Kier alpha value is -2.76. The van der Waals surface area contributed by atoms with Gasteiger partial charge in [-0.1, -0.05) is 13.8 Å². The maximum atomic E-state index is 12.1. The second kappa shape index (κ2) is 7.00. The van der Waals surface area contributed by atoms with Crippen molar-refractivity contribution in [1.82, 2.24) is 14.8 Å². The van der Waals surface area contributed by atoms with E-state index in [2.05, 4.69) is 10.2 Å². The number of hydrogen-bond donors (Lipinski definition) is 1. The summed E-state index contributed by atoms with van der Waals surface area (Å²) in [6, 6.07) is 5.60. The lowest BCUT2D eigenvalue weighted by atomic mass is 10.0. The van der Waals surface area contributed by atoms with Crippen LogP contribution in [0.15, 0.2) is 35.4 Å². The highest BCUT2D eigenvalue weighted by Gasteiger charge is 2.12. The number of H-pyrrole nitrogens is 1. The van der Waals surface area contributed by atoms with Crippen molar-refractivity contribution in [3.05, 3.63) is 40.9 Å². The van der Waals surface area contributed by atoms with E-state index in [1.165, 1.54) is 4.57 Å². The average Bonchev–Trinajstić information content (AvgIpc) is 3.09. The lowest BCUT2D eigenvalue weighted by Gasteiger charge is -2.10. The van der Waals surface area contributed by atoms with Crippen LogP contribution in [-0.2, 0) is 7.05 Å². The zero-order chi connectivity index (χ0) is 17.0. The van der Waals surface area contributed by atoms with Crippen molar-refractivity contribution < 1.29 is 10.9 Å². The van der Waals surface area contributed by atoms with Crippen LogP contribution in [0.25, 0.3) is 22.0 Å². The van der Waals surface area contributed by atoms with Crippen LogP contribution in [0, 0.1) is 0 Å². The minimum atomic E-state index is -0.110. The van der Waals surface area contributed by atoms with Gasteiger partial charge in [-0.2, -0.15) is 5.10 Å². The van der Waals surface area contributed by atoms with Gasteiger partial charge in [0.2, 0.25) is 0 Å². The van der Waals surface area contributed by atoms with E-state index in [1.54, 1.807) is 39.7 Å². The van der Waals surface area contributed by atoms with Crippen LogP contribution in [0.1, 0.15) is 15.3 Å². The van der Waals surface area contributed by atoms with Gasteiger partial charge in [-0.25, -0.2) is 0 Å². The zero-order valence-electron chi connectivity index (χ0n) is 14.0. The Morgan fingerprint density at radius 1 is 1.13 bits per heavy atom. The molecule has 0 fully saturated rings. The molecule has 0 radical (unpaired) electrons. The van der Waals surface area contributed by atoms with Crippen LogP contribution >= 0.6 is 0 Å². The molecule has 6 heteroatoms. The summed E-state index contributed by atoms with van der Waals surface area (Å²) in [6.45, 7) is 4.00. The van der Waals surface area contributed by atoms with Crippen molar-refractivity contribution in [2.75, 3.05) is 14.2 Å². The first-order valence-corrected chi connectivity index (χ1v) is 7.40. The van der Waals surface area contributed by atoms with E-state index in [-0.39, 0.29) is 6.99 Å². The summed E-state index contributed by atoms with van der Waals surface area (Å²) in [4.78, 5) is 12.1. The Bertz CT molecular complexity index is 849. The predicted octanol–water partition coefficient (Wildman–Crippen LogP) is 3.22. The Balaban J connectivity index is 0.000000925. The molecule has 0 saturated heterocycles. The molecule has 0 aliphatic carbocycles. The van der Waals surface area contributed by atoms with Crippen LogP contribution in [0.3, 0.4) is 0 Å². The average molecular weight is 317 g/mol. The molecule has 124 valence electrons. The molecule has 1 N–H and O–H groups in total. The topological polar surface area (TPSA) is 69.1 Å². The monoisotopic (exact) mass is 317 g/mol.